The first-order valence-corrected chi connectivity index (χ1v) is 6.61. The summed E-state index contributed by atoms with van der Waals surface area (Å²) in [6.07, 6.45) is 2.42. The van der Waals surface area contributed by atoms with E-state index in [9.17, 15) is 0 Å². The van der Waals surface area contributed by atoms with E-state index in [0.717, 1.165) is 23.8 Å². The van der Waals surface area contributed by atoms with E-state index in [4.69, 9.17) is 4.98 Å². The molecule has 1 aromatic heterocycles. The van der Waals surface area contributed by atoms with Crippen molar-refractivity contribution in [2.24, 2.45) is 0 Å². The van der Waals surface area contributed by atoms with Crippen molar-refractivity contribution in [2.45, 2.75) is 32.7 Å². The Morgan fingerprint density at radius 3 is 2.78 bits per heavy atom. The third-order valence-electron chi connectivity index (χ3n) is 3.69. The van der Waals surface area contributed by atoms with Crippen LogP contribution in [0.15, 0.2) is 24.3 Å². The second-order valence-corrected chi connectivity index (χ2v) is 5.06. The summed E-state index contributed by atoms with van der Waals surface area (Å²) >= 11 is 0. The van der Waals surface area contributed by atoms with Crippen molar-refractivity contribution >= 4 is 0 Å². The minimum Gasteiger partial charge on any atom is -0.344 e. The Kier molecular flexibility index (Phi) is 2.92. The zero-order chi connectivity index (χ0) is 12.5. The number of hydrogen-bond donors (Lipinski definition) is 2. The molecule has 2 heterocycles. The summed E-state index contributed by atoms with van der Waals surface area (Å²) < 4.78 is 0. The first-order valence-electron chi connectivity index (χ1n) is 6.61. The lowest BCUT2D eigenvalue weighted by Crippen LogP contribution is -2.14. The number of aromatic nitrogens is 2. The van der Waals surface area contributed by atoms with Gasteiger partial charge in [0.15, 0.2) is 0 Å². The molecule has 1 fully saturated rings. The molecule has 1 unspecified atom stereocenters. The molecule has 0 radical (unpaired) electrons. The highest BCUT2D eigenvalue weighted by Gasteiger charge is 2.21. The zero-order valence-electron chi connectivity index (χ0n) is 11.0. The quantitative estimate of drug-likeness (QED) is 0.848. The molecule has 3 nitrogen and oxygen atoms in total. The van der Waals surface area contributed by atoms with Gasteiger partial charge in [-0.1, -0.05) is 24.3 Å². The molecule has 1 atom stereocenters. The third-order valence-corrected chi connectivity index (χ3v) is 3.69. The second kappa shape index (κ2) is 4.58. The molecule has 3 heteroatoms. The molecule has 3 rings (SSSR count). The Bertz CT molecular complexity index is 551. The fraction of sp³-hybridized carbons (Fsp3) is 0.400. The standard InChI is InChI=1S/C15H19N3/c1-10-6-3-4-7-12(10)14-11(2)17-15(18-14)13-8-5-9-16-13/h3-4,6-7,13,16H,5,8-9H2,1-2H3,(H,17,18). The van der Waals surface area contributed by atoms with Gasteiger partial charge in [-0.05, 0) is 38.8 Å². The number of H-pyrrole nitrogens is 1. The largest absolute Gasteiger partial charge is 0.344 e. The van der Waals surface area contributed by atoms with E-state index >= 15 is 0 Å². The first kappa shape index (κ1) is 11.5. The van der Waals surface area contributed by atoms with E-state index in [1.165, 1.54) is 24.0 Å². The Hall–Kier alpha value is -1.61. The first-order chi connectivity index (χ1) is 8.75. The number of benzene rings is 1. The van der Waals surface area contributed by atoms with Crippen LogP contribution in [0.2, 0.25) is 0 Å². The molecule has 2 aromatic rings. The number of aryl methyl sites for hydroxylation is 2. The van der Waals surface area contributed by atoms with Crippen molar-refractivity contribution in [1.82, 2.24) is 15.3 Å². The highest BCUT2D eigenvalue weighted by Crippen LogP contribution is 2.28. The number of nitrogens with one attached hydrogen (secondary N) is 2. The molecule has 1 saturated heterocycles. The second-order valence-electron chi connectivity index (χ2n) is 5.06. The van der Waals surface area contributed by atoms with Crippen LogP contribution < -0.4 is 5.32 Å². The van der Waals surface area contributed by atoms with Gasteiger partial charge >= 0.3 is 0 Å². The lowest BCUT2D eigenvalue weighted by molar-refractivity contribution is 0.612. The van der Waals surface area contributed by atoms with Crippen molar-refractivity contribution in [2.75, 3.05) is 6.54 Å². The highest BCUT2D eigenvalue weighted by molar-refractivity contribution is 5.65. The van der Waals surface area contributed by atoms with Crippen LogP contribution in [-0.2, 0) is 0 Å². The number of hydrogen-bond acceptors (Lipinski definition) is 2. The van der Waals surface area contributed by atoms with E-state index in [-0.39, 0.29) is 0 Å². The SMILES string of the molecule is Cc1ccccc1-c1nc(C2CCCN2)[nH]c1C. The van der Waals surface area contributed by atoms with Crippen molar-refractivity contribution in [1.29, 1.82) is 0 Å². The summed E-state index contributed by atoms with van der Waals surface area (Å²) in [4.78, 5) is 8.24. The molecule has 0 amide bonds. The van der Waals surface area contributed by atoms with Crippen LogP contribution in [0.5, 0.6) is 0 Å². The maximum Gasteiger partial charge on any atom is 0.124 e. The Morgan fingerprint density at radius 1 is 1.22 bits per heavy atom. The summed E-state index contributed by atoms with van der Waals surface area (Å²) in [6.45, 7) is 5.34. The molecule has 0 bridgehead atoms. The molecule has 0 saturated carbocycles. The van der Waals surface area contributed by atoms with Gasteiger partial charge in [-0.3, -0.25) is 0 Å². The van der Waals surface area contributed by atoms with Gasteiger partial charge in [0.1, 0.15) is 5.82 Å². The van der Waals surface area contributed by atoms with Gasteiger partial charge in [0.25, 0.3) is 0 Å². The average Bonchev–Trinajstić information content (AvgIpc) is 2.99. The molecule has 0 spiro atoms. The average molecular weight is 241 g/mol. The lowest BCUT2D eigenvalue weighted by atomic mass is 10.1. The molecular weight excluding hydrogens is 222 g/mol. The highest BCUT2D eigenvalue weighted by atomic mass is 15.0. The van der Waals surface area contributed by atoms with Crippen molar-refractivity contribution in [3.8, 4) is 11.3 Å². The Morgan fingerprint density at radius 2 is 2.06 bits per heavy atom. The van der Waals surface area contributed by atoms with Crippen LogP contribution >= 0.6 is 0 Å². The van der Waals surface area contributed by atoms with E-state index in [0.29, 0.717) is 6.04 Å². The molecular formula is C15H19N3. The predicted octanol–water partition coefficient (Wildman–Crippen LogP) is 3.12. The van der Waals surface area contributed by atoms with Gasteiger partial charge in [-0.15, -0.1) is 0 Å². The van der Waals surface area contributed by atoms with Crippen LogP contribution in [0.1, 0.15) is 36.0 Å². The molecule has 2 N–H and O–H groups in total. The Balaban J connectivity index is 2.00. The van der Waals surface area contributed by atoms with Gasteiger partial charge in [-0.2, -0.15) is 0 Å². The van der Waals surface area contributed by atoms with Gasteiger partial charge in [0.05, 0.1) is 11.7 Å². The molecule has 0 aliphatic carbocycles. The van der Waals surface area contributed by atoms with Gasteiger partial charge in [0, 0.05) is 11.3 Å². The summed E-state index contributed by atoms with van der Waals surface area (Å²) in [5.41, 5.74) is 4.76. The molecule has 18 heavy (non-hydrogen) atoms. The van der Waals surface area contributed by atoms with Gasteiger partial charge < -0.3 is 10.3 Å². The monoisotopic (exact) mass is 241 g/mol. The minimum absolute atomic E-state index is 0.404. The summed E-state index contributed by atoms with van der Waals surface area (Å²) in [5.74, 6) is 1.09. The van der Waals surface area contributed by atoms with Crippen LogP contribution in [0, 0.1) is 13.8 Å². The van der Waals surface area contributed by atoms with Crippen LogP contribution in [-0.4, -0.2) is 16.5 Å². The number of aromatic amines is 1. The van der Waals surface area contributed by atoms with Crippen molar-refractivity contribution < 1.29 is 0 Å². The van der Waals surface area contributed by atoms with Gasteiger partial charge in [0.2, 0.25) is 0 Å². The van der Waals surface area contributed by atoms with Crippen molar-refractivity contribution in [3.05, 3.63) is 41.3 Å². The van der Waals surface area contributed by atoms with E-state index in [2.05, 4.69) is 48.4 Å². The molecule has 1 aromatic carbocycles. The summed E-state index contributed by atoms with van der Waals surface area (Å²) in [6, 6.07) is 8.83. The molecule has 1 aliphatic rings. The number of nitrogens with zero attached hydrogens (tertiary/aromatic N) is 1. The van der Waals surface area contributed by atoms with Crippen LogP contribution in [0.4, 0.5) is 0 Å². The zero-order valence-corrected chi connectivity index (χ0v) is 11.0. The fourth-order valence-corrected chi connectivity index (χ4v) is 2.67. The lowest BCUT2D eigenvalue weighted by Gasteiger charge is -2.05. The smallest absolute Gasteiger partial charge is 0.124 e. The van der Waals surface area contributed by atoms with E-state index in [1.807, 2.05) is 0 Å². The number of imidazole rings is 1. The summed E-state index contributed by atoms with van der Waals surface area (Å²) in [5, 5.41) is 3.49. The normalized spacial score (nSPS) is 19.3. The van der Waals surface area contributed by atoms with E-state index in [1.54, 1.807) is 0 Å². The topological polar surface area (TPSA) is 40.7 Å². The number of rotatable bonds is 2. The maximum atomic E-state index is 4.80. The Labute approximate surface area is 108 Å². The third kappa shape index (κ3) is 1.95. The van der Waals surface area contributed by atoms with E-state index < -0.39 is 0 Å². The maximum absolute atomic E-state index is 4.80. The predicted molar refractivity (Wildman–Crippen MR) is 73.5 cm³/mol. The van der Waals surface area contributed by atoms with Crippen LogP contribution in [0.3, 0.4) is 0 Å². The molecule has 1 aliphatic heterocycles. The summed E-state index contributed by atoms with van der Waals surface area (Å²) in [7, 11) is 0. The minimum atomic E-state index is 0.404. The fourth-order valence-electron chi connectivity index (χ4n) is 2.67. The van der Waals surface area contributed by atoms with Crippen molar-refractivity contribution in [3.63, 3.8) is 0 Å². The van der Waals surface area contributed by atoms with Gasteiger partial charge in [-0.25, -0.2) is 4.98 Å². The molecule has 94 valence electrons. The van der Waals surface area contributed by atoms with Crippen LogP contribution in [0.25, 0.3) is 11.3 Å².